The fourth-order valence-electron chi connectivity index (χ4n) is 0.904. The quantitative estimate of drug-likeness (QED) is 0.717. The normalized spacial score (nSPS) is 10.1. The molecule has 0 saturated carbocycles. The molecule has 2 aromatic rings. The van der Waals surface area contributed by atoms with Crippen LogP contribution in [0.15, 0.2) is 23.3 Å². The SMILES string of the molecule is Cc1nocc1OC(=O)c1cnc[nH]1. The molecule has 0 aliphatic carbocycles. The molecule has 2 aromatic heterocycles. The molecule has 0 atom stereocenters. The number of carbonyl (C=O) groups is 1. The van der Waals surface area contributed by atoms with Crippen molar-refractivity contribution in [2.45, 2.75) is 6.92 Å². The minimum absolute atomic E-state index is 0.283. The van der Waals surface area contributed by atoms with Crippen molar-refractivity contribution >= 4 is 5.97 Å². The van der Waals surface area contributed by atoms with Gasteiger partial charge in [-0.05, 0) is 6.92 Å². The van der Waals surface area contributed by atoms with Crippen LogP contribution in [0.4, 0.5) is 0 Å². The number of hydrogen-bond donors (Lipinski definition) is 1. The van der Waals surface area contributed by atoms with E-state index in [1.54, 1.807) is 6.92 Å². The molecule has 6 nitrogen and oxygen atoms in total. The number of esters is 1. The Labute approximate surface area is 78.9 Å². The highest BCUT2D eigenvalue weighted by Gasteiger charge is 2.13. The van der Waals surface area contributed by atoms with E-state index >= 15 is 0 Å². The Morgan fingerprint density at radius 3 is 3.07 bits per heavy atom. The summed E-state index contributed by atoms with van der Waals surface area (Å²) in [5.41, 5.74) is 0.809. The van der Waals surface area contributed by atoms with Crippen LogP contribution < -0.4 is 4.74 Å². The average Bonchev–Trinajstić information content (AvgIpc) is 2.77. The van der Waals surface area contributed by atoms with Gasteiger partial charge in [-0.15, -0.1) is 0 Å². The molecular formula is C8H7N3O3. The van der Waals surface area contributed by atoms with E-state index in [0.717, 1.165) is 0 Å². The van der Waals surface area contributed by atoms with Crippen molar-refractivity contribution in [2.24, 2.45) is 0 Å². The van der Waals surface area contributed by atoms with Gasteiger partial charge in [0, 0.05) is 0 Å². The van der Waals surface area contributed by atoms with Crippen molar-refractivity contribution in [2.75, 3.05) is 0 Å². The lowest BCUT2D eigenvalue weighted by atomic mass is 10.4. The van der Waals surface area contributed by atoms with Gasteiger partial charge in [0.15, 0.2) is 12.0 Å². The maximum absolute atomic E-state index is 11.4. The van der Waals surface area contributed by atoms with Gasteiger partial charge in [-0.3, -0.25) is 0 Å². The predicted molar refractivity (Wildman–Crippen MR) is 44.8 cm³/mol. The molecule has 0 bridgehead atoms. The summed E-state index contributed by atoms with van der Waals surface area (Å²) in [7, 11) is 0. The van der Waals surface area contributed by atoms with Gasteiger partial charge in [-0.25, -0.2) is 9.78 Å². The first kappa shape index (κ1) is 8.49. The van der Waals surface area contributed by atoms with Crippen molar-refractivity contribution < 1.29 is 14.1 Å². The number of nitrogens with one attached hydrogen (secondary N) is 1. The molecular weight excluding hydrogens is 186 g/mol. The van der Waals surface area contributed by atoms with Crippen molar-refractivity contribution in [1.29, 1.82) is 0 Å². The number of nitrogens with zero attached hydrogens (tertiary/aromatic N) is 2. The van der Waals surface area contributed by atoms with Crippen molar-refractivity contribution in [3.8, 4) is 5.75 Å². The topological polar surface area (TPSA) is 81.0 Å². The van der Waals surface area contributed by atoms with E-state index < -0.39 is 5.97 Å². The summed E-state index contributed by atoms with van der Waals surface area (Å²) in [4.78, 5) is 17.7. The van der Waals surface area contributed by atoms with E-state index in [-0.39, 0.29) is 5.69 Å². The summed E-state index contributed by atoms with van der Waals surface area (Å²) in [5.74, 6) is -0.210. The van der Waals surface area contributed by atoms with Gasteiger partial charge < -0.3 is 14.2 Å². The van der Waals surface area contributed by atoms with Crippen LogP contribution in [0.2, 0.25) is 0 Å². The van der Waals surface area contributed by atoms with Crippen LogP contribution in [0.3, 0.4) is 0 Å². The predicted octanol–water partition coefficient (Wildman–Crippen LogP) is 0.925. The highest BCUT2D eigenvalue weighted by molar-refractivity contribution is 5.88. The molecule has 0 saturated heterocycles. The standard InChI is InChI=1S/C8H7N3O3/c1-5-7(3-13-11-5)14-8(12)6-2-9-4-10-6/h2-4H,1H3,(H,9,10). The van der Waals surface area contributed by atoms with Gasteiger partial charge in [-0.1, -0.05) is 5.16 Å². The number of aryl methyl sites for hydroxylation is 1. The molecule has 0 amide bonds. The van der Waals surface area contributed by atoms with Crippen LogP contribution in [0.1, 0.15) is 16.2 Å². The zero-order valence-electron chi connectivity index (χ0n) is 7.35. The summed E-state index contributed by atoms with van der Waals surface area (Å²) in [6.45, 7) is 1.68. The zero-order chi connectivity index (χ0) is 9.97. The van der Waals surface area contributed by atoms with Gasteiger partial charge in [0.25, 0.3) is 0 Å². The summed E-state index contributed by atoms with van der Waals surface area (Å²) in [5, 5.41) is 3.57. The first-order valence-electron chi connectivity index (χ1n) is 3.89. The molecule has 2 rings (SSSR count). The molecule has 0 radical (unpaired) electrons. The van der Waals surface area contributed by atoms with Crippen molar-refractivity contribution in [3.05, 3.63) is 30.2 Å². The Balaban J connectivity index is 2.13. The largest absolute Gasteiger partial charge is 0.416 e. The molecule has 0 aliphatic rings. The summed E-state index contributed by atoms with van der Waals surface area (Å²) < 4.78 is 9.57. The van der Waals surface area contributed by atoms with Gasteiger partial charge in [-0.2, -0.15) is 0 Å². The monoisotopic (exact) mass is 193 g/mol. The highest BCUT2D eigenvalue weighted by atomic mass is 16.6. The number of imidazole rings is 1. The van der Waals surface area contributed by atoms with Crippen molar-refractivity contribution in [3.63, 3.8) is 0 Å². The minimum atomic E-state index is -0.520. The molecule has 0 aliphatic heterocycles. The lowest BCUT2D eigenvalue weighted by Crippen LogP contribution is -2.08. The summed E-state index contributed by atoms with van der Waals surface area (Å²) in [6.07, 6.45) is 4.05. The Kier molecular flexibility index (Phi) is 2.02. The number of aromatic amines is 1. The Hall–Kier alpha value is -2.11. The number of ether oxygens (including phenoxy) is 1. The molecule has 0 unspecified atom stereocenters. The maximum Gasteiger partial charge on any atom is 0.361 e. The summed E-state index contributed by atoms with van der Waals surface area (Å²) >= 11 is 0. The molecule has 0 spiro atoms. The Morgan fingerprint density at radius 2 is 2.50 bits per heavy atom. The third kappa shape index (κ3) is 1.49. The lowest BCUT2D eigenvalue weighted by molar-refractivity contribution is 0.0727. The molecule has 72 valence electrons. The fraction of sp³-hybridized carbons (Fsp3) is 0.125. The van der Waals surface area contributed by atoms with Crippen molar-refractivity contribution in [1.82, 2.24) is 15.1 Å². The van der Waals surface area contributed by atoms with E-state index in [1.165, 1.54) is 18.8 Å². The van der Waals surface area contributed by atoms with Crippen LogP contribution in [0.25, 0.3) is 0 Å². The molecule has 14 heavy (non-hydrogen) atoms. The van der Waals surface area contributed by atoms with Crippen LogP contribution in [0.5, 0.6) is 5.75 Å². The zero-order valence-corrected chi connectivity index (χ0v) is 7.35. The summed E-state index contributed by atoms with van der Waals surface area (Å²) in [6, 6.07) is 0. The van der Waals surface area contributed by atoms with Gasteiger partial charge >= 0.3 is 5.97 Å². The number of rotatable bonds is 2. The maximum atomic E-state index is 11.4. The average molecular weight is 193 g/mol. The van der Waals surface area contributed by atoms with Crippen LogP contribution in [0, 0.1) is 6.92 Å². The number of hydrogen-bond acceptors (Lipinski definition) is 5. The second kappa shape index (κ2) is 3.33. The van der Waals surface area contributed by atoms with E-state index in [2.05, 4.69) is 19.6 Å². The van der Waals surface area contributed by atoms with Crippen LogP contribution in [-0.2, 0) is 0 Å². The lowest BCUT2D eigenvalue weighted by Gasteiger charge is -1.97. The molecule has 6 heteroatoms. The van der Waals surface area contributed by atoms with E-state index in [1.807, 2.05) is 0 Å². The second-order valence-electron chi connectivity index (χ2n) is 2.62. The molecule has 0 fully saturated rings. The second-order valence-corrected chi connectivity index (χ2v) is 2.62. The van der Waals surface area contributed by atoms with Gasteiger partial charge in [0.1, 0.15) is 11.4 Å². The van der Waals surface area contributed by atoms with E-state index in [9.17, 15) is 4.79 Å². The van der Waals surface area contributed by atoms with Crippen LogP contribution in [-0.4, -0.2) is 21.1 Å². The highest BCUT2D eigenvalue weighted by Crippen LogP contribution is 2.15. The third-order valence-electron chi connectivity index (χ3n) is 1.63. The Morgan fingerprint density at radius 1 is 1.64 bits per heavy atom. The fourth-order valence-corrected chi connectivity index (χ4v) is 0.904. The first-order valence-corrected chi connectivity index (χ1v) is 3.89. The van der Waals surface area contributed by atoms with E-state index in [0.29, 0.717) is 11.4 Å². The third-order valence-corrected chi connectivity index (χ3v) is 1.63. The Bertz CT molecular complexity index is 432. The van der Waals surface area contributed by atoms with Crippen LogP contribution >= 0.6 is 0 Å². The number of carbonyl (C=O) groups excluding carboxylic acids is 1. The minimum Gasteiger partial charge on any atom is -0.416 e. The van der Waals surface area contributed by atoms with Gasteiger partial charge in [0.05, 0.1) is 12.5 Å². The number of H-pyrrole nitrogens is 1. The molecule has 2 heterocycles. The molecule has 1 N–H and O–H groups in total. The van der Waals surface area contributed by atoms with Gasteiger partial charge in [0.2, 0.25) is 0 Å². The molecule has 0 aromatic carbocycles. The smallest absolute Gasteiger partial charge is 0.361 e. The van der Waals surface area contributed by atoms with E-state index in [4.69, 9.17) is 4.74 Å². The first-order chi connectivity index (χ1) is 6.77. The number of aromatic nitrogens is 3.